The van der Waals surface area contributed by atoms with Gasteiger partial charge in [-0.3, -0.25) is 5.41 Å². The zero-order valence-corrected chi connectivity index (χ0v) is 12.7. The summed E-state index contributed by atoms with van der Waals surface area (Å²) in [5.74, 6) is 0.607. The molecule has 1 heterocycles. The fourth-order valence-corrected chi connectivity index (χ4v) is 3.80. The van der Waals surface area contributed by atoms with Crippen molar-refractivity contribution in [1.82, 2.24) is 0 Å². The summed E-state index contributed by atoms with van der Waals surface area (Å²) < 4.78 is 0. The van der Waals surface area contributed by atoms with Gasteiger partial charge in [0.15, 0.2) is 0 Å². The number of benzene rings is 3. The smallest absolute Gasteiger partial charge is 0.133 e. The second kappa shape index (κ2) is 4.56. The fraction of sp³-hybridized carbons (Fsp3) is 0.0952. The molecule has 0 atom stereocenters. The third-order valence-corrected chi connectivity index (χ3v) is 4.96. The molecule has 2 nitrogen and oxygen atoms in total. The first-order valence-corrected chi connectivity index (χ1v) is 7.97. The Morgan fingerprint density at radius 1 is 0.696 bits per heavy atom. The summed E-state index contributed by atoms with van der Waals surface area (Å²) in [6, 6.07) is 23.5. The van der Waals surface area contributed by atoms with Crippen molar-refractivity contribution in [3.8, 4) is 11.1 Å². The van der Waals surface area contributed by atoms with E-state index in [1.165, 1.54) is 27.8 Å². The molecule has 0 bridgehead atoms. The molecule has 0 saturated heterocycles. The Morgan fingerprint density at radius 2 is 1.39 bits per heavy atom. The van der Waals surface area contributed by atoms with Crippen molar-refractivity contribution in [2.45, 2.75) is 13.0 Å². The highest BCUT2D eigenvalue weighted by molar-refractivity contribution is 6.11. The zero-order chi connectivity index (χ0) is 15.4. The van der Waals surface area contributed by atoms with Crippen molar-refractivity contribution >= 4 is 11.5 Å². The van der Waals surface area contributed by atoms with Crippen molar-refractivity contribution < 1.29 is 0 Å². The van der Waals surface area contributed by atoms with Gasteiger partial charge >= 0.3 is 0 Å². The van der Waals surface area contributed by atoms with Crippen LogP contribution in [0.1, 0.15) is 22.3 Å². The molecule has 1 aliphatic carbocycles. The first kappa shape index (κ1) is 12.7. The summed E-state index contributed by atoms with van der Waals surface area (Å²) >= 11 is 0. The molecule has 23 heavy (non-hydrogen) atoms. The number of hydrogen-bond donors (Lipinski definition) is 1. The molecule has 5 rings (SSSR count). The van der Waals surface area contributed by atoms with Gasteiger partial charge in [-0.2, -0.15) is 0 Å². The molecule has 110 valence electrons. The molecule has 0 aromatic heterocycles. The van der Waals surface area contributed by atoms with Crippen molar-refractivity contribution in [1.29, 1.82) is 5.41 Å². The van der Waals surface area contributed by atoms with E-state index in [1.807, 2.05) is 12.1 Å². The molecule has 2 heteroatoms. The predicted molar refractivity (Wildman–Crippen MR) is 94.1 cm³/mol. The Bertz CT molecular complexity index is 956. The minimum absolute atomic E-state index is 0.607. The molecule has 0 radical (unpaired) electrons. The van der Waals surface area contributed by atoms with Gasteiger partial charge in [0.05, 0.1) is 6.54 Å². The van der Waals surface area contributed by atoms with Crippen LogP contribution in [-0.2, 0) is 13.0 Å². The van der Waals surface area contributed by atoms with E-state index in [1.54, 1.807) is 0 Å². The van der Waals surface area contributed by atoms with Crippen molar-refractivity contribution in [2.75, 3.05) is 4.90 Å². The summed E-state index contributed by atoms with van der Waals surface area (Å²) in [7, 11) is 0. The summed E-state index contributed by atoms with van der Waals surface area (Å²) in [5.41, 5.74) is 8.88. The molecule has 0 fully saturated rings. The van der Waals surface area contributed by atoms with Gasteiger partial charge in [0.1, 0.15) is 5.84 Å². The maximum atomic E-state index is 8.48. The van der Waals surface area contributed by atoms with Gasteiger partial charge in [-0.1, -0.05) is 54.6 Å². The van der Waals surface area contributed by atoms with Gasteiger partial charge in [0.2, 0.25) is 0 Å². The Morgan fingerprint density at radius 3 is 2.22 bits per heavy atom. The normalized spacial score (nSPS) is 14.6. The fourth-order valence-electron chi connectivity index (χ4n) is 3.80. The van der Waals surface area contributed by atoms with E-state index in [9.17, 15) is 0 Å². The standard InChI is InChI=1S/C21H16N2/c22-21-20-8-4-2-6-15(20)13-23(21)17-9-10-19-16(12-17)11-14-5-1-3-7-18(14)19/h1-10,12,22H,11,13H2. The van der Waals surface area contributed by atoms with Crippen LogP contribution in [0.5, 0.6) is 0 Å². The number of rotatable bonds is 1. The van der Waals surface area contributed by atoms with Crippen LogP contribution in [0.15, 0.2) is 66.7 Å². The van der Waals surface area contributed by atoms with E-state index in [4.69, 9.17) is 5.41 Å². The largest absolute Gasteiger partial charge is 0.322 e. The van der Waals surface area contributed by atoms with Crippen LogP contribution in [0.2, 0.25) is 0 Å². The van der Waals surface area contributed by atoms with E-state index in [0.29, 0.717) is 5.84 Å². The number of hydrogen-bond acceptors (Lipinski definition) is 1. The van der Waals surface area contributed by atoms with Crippen molar-refractivity contribution in [3.05, 3.63) is 89.0 Å². The summed E-state index contributed by atoms with van der Waals surface area (Å²) in [4.78, 5) is 2.11. The summed E-state index contributed by atoms with van der Waals surface area (Å²) in [6.45, 7) is 0.792. The summed E-state index contributed by atoms with van der Waals surface area (Å²) in [6.07, 6.45) is 0.994. The van der Waals surface area contributed by atoms with Crippen LogP contribution >= 0.6 is 0 Å². The van der Waals surface area contributed by atoms with Gasteiger partial charge in [0, 0.05) is 11.3 Å². The van der Waals surface area contributed by atoms with E-state index in [-0.39, 0.29) is 0 Å². The predicted octanol–water partition coefficient (Wildman–Crippen LogP) is 4.60. The average Bonchev–Trinajstić information content (AvgIpc) is 3.12. The van der Waals surface area contributed by atoms with Gasteiger partial charge in [-0.15, -0.1) is 0 Å². The van der Waals surface area contributed by atoms with Crippen LogP contribution in [-0.4, -0.2) is 5.84 Å². The highest BCUT2D eigenvalue weighted by atomic mass is 15.2. The van der Waals surface area contributed by atoms with E-state index in [2.05, 4.69) is 59.5 Å². The van der Waals surface area contributed by atoms with Crippen LogP contribution in [0.3, 0.4) is 0 Å². The molecule has 0 amide bonds. The summed E-state index contributed by atoms with van der Waals surface area (Å²) in [5, 5.41) is 8.48. The second-order valence-electron chi connectivity index (χ2n) is 6.27. The van der Waals surface area contributed by atoms with E-state index < -0.39 is 0 Å². The van der Waals surface area contributed by atoms with Gasteiger partial charge in [-0.05, 0) is 46.4 Å². The van der Waals surface area contributed by atoms with Crippen LogP contribution in [0.4, 0.5) is 5.69 Å². The van der Waals surface area contributed by atoms with Crippen LogP contribution in [0, 0.1) is 5.41 Å². The number of anilines is 1. The number of fused-ring (bicyclic) bond motifs is 4. The third-order valence-electron chi connectivity index (χ3n) is 4.96. The van der Waals surface area contributed by atoms with Crippen LogP contribution in [0.25, 0.3) is 11.1 Å². The van der Waals surface area contributed by atoms with Crippen molar-refractivity contribution in [2.24, 2.45) is 0 Å². The molecule has 1 aliphatic heterocycles. The Labute approximate surface area is 135 Å². The average molecular weight is 296 g/mol. The zero-order valence-electron chi connectivity index (χ0n) is 12.7. The molecule has 0 saturated carbocycles. The molecule has 0 unspecified atom stereocenters. The first-order valence-electron chi connectivity index (χ1n) is 7.97. The van der Waals surface area contributed by atoms with Gasteiger partial charge < -0.3 is 4.90 Å². The minimum Gasteiger partial charge on any atom is -0.322 e. The second-order valence-corrected chi connectivity index (χ2v) is 6.27. The molecule has 0 spiro atoms. The highest BCUT2D eigenvalue weighted by Crippen LogP contribution is 2.39. The molecular formula is C21H16N2. The lowest BCUT2D eigenvalue weighted by Gasteiger charge is -2.19. The maximum absolute atomic E-state index is 8.48. The monoisotopic (exact) mass is 296 g/mol. The molecular weight excluding hydrogens is 280 g/mol. The number of amidine groups is 1. The first-order chi connectivity index (χ1) is 11.3. The van der Waals surface area contributed by atoms with E-state index in [0.717, 1.165) is 24.2 Å². The Kier molecular flexibility index (Phi) is 2.51. The molecule has 2 aliphatic rings. The maximum Gasteiger partial charge on any atom is 0.133 e. The lowest BCUT2D eigenvalue weighted by Crippen LogP contribution is -2.23. The third kappa shape index (κ3) is 1.78. The quantitative estimate of drug-likeness (QED) is 0.546. The molecule has 3 aromatic rings. The number of nitrogens with zero attached hydrogens (tertiary/aromatic N) is 1. The highest BCUT2D eigenvalue weighted by Gasteiger charge is 2.26. The lowest BCUT2D eigenvalue weighted by atomic mass is 10.1. The topological polar surface area (TPSA) is 27.1 Å². The van der Waals surface area contributed by atoms with Gasteiger partial charge in [0.25, 0.3) is 0 Å². The van der Waals surface area contributed by atoms with E-state index >= 15 is 0 Å². The number of nitrogens with one attached hydrogen (secondary N) is 1. The minimum atomic E-state index is 0.607. The van der Waals surface area contributed by atoms with Crippen molar-refractivity contribution in [3.63, 3.8) is 0 Å². The van der Waals surface area contributed by atoms with Crippen LogP contribution < -0.4 is 4.90 Å². The molecule has 3 aromatic carbocycles. The Hall–Kier alpha value is -2.87. The Balaban J connectivity index is 1.55. The van der Waals surface area contributed by atoms with Gasteiger partial charge in [-0.25, -0.2) is 0 Å². The SMILES string of the molecule is N=C1c2ccccc2CN1c1ccc2c(c1)Cc1ccccc1-2. The lowest BCUT2D eigenvalue weighted by molar-refractivity contribution is 1.04. The molecule has 1 N–H and O–H groups in total.